The largest absolute Gasteiger partial charge is 0.393 e. The van der Waals surface area contributed by atoms with E-state index in [0.717, 1.165) is 64.3 Å². The first kappa shape index (κ1) is 33.3. The molecule has 0 aliphatic heterocycles. The molecule has 0 aliphatic rings. The number of fused-ring (bicyclic) bond motifs is 1. The molecule has 8 nitrogen and oxygen atoms in total. The third kappa shape index (κ3) is 10.9. The summed E-state index contributed by atoms with van der Waals surface area (Å²) in [6.45, 7) is 4.98. The fraction of sp³-hybridized carbons (Fsp3) is 0.839. The highest BCUT2D eigenvalue weighted by Gasteiger charge is 2.24. The number of aliphatic hydroxyl groups excluding tert-OH is 1. The lowest BCUT2D eigenvalue weighted by atomic mass is 10.1. The molecule has 0 aliphatic carbocycles. The first-order valence-corrected chi connectivity index (χ1v) is 15.8. The van der Waals surface area contributed by atoms with E-state index in [4.69, 9.17) is 0 Å². The Balaban J connectivity index is 1.97. The first-order valence-electron chi connectivity index (χ1n) is 15.8. The van der Waals surface area contributed by atoms with Crippen molar-refractivity contribution in [1.82, 2.24) is 23.6 Å². The molecule has 8 heteroatoms. The lowest BCUT2D eigenvalue weighted by Crippen LogP contribution is -2.47. The van der Waals surface area contributed by atoms with Crippen LogP contribution in [-0.4, -0.2) is 48.4 Å². The molecule has 1 N–H and O–H groups in total. The molecule has 2 heterocycles. The molecule has 0 saturated heterocycles. The average molecular weight is 548 g/mol. The molecule has 2 aromatic rings. The van der Waals surface area contributed by atoms with E-state index in [1.807, 2.05) is 14.0 Å². The molecular formula is C31H57N5O3. The Morgan fingerprint density at radius 1 is 0.821 bits per heavy atom. The van der Waals surface area contributed by atoms with Crippen molar-refractivity contribution < 1.29 is 5.11 Å². The summed E-state index contributed by atoms with van der Waals surface area (Å²) in [6.07, 6.45) is 22.2. The molecule has 2 unspecified atom stereocenters. The molecule has 0 amide bonds. The summed E-state index contributed by atoms with van der Waals surface area (Å²) in [5.74, 6) is 0. The minimum absolute atomic E-state index is 0.213. The van der Waals surface area contributed by atoms with Crippen molar-refractivity contribution in [1.29, 1.82) is 0 Å². The number of hydrogen-bond donors (Lipinski definition) is 1. The molecule has 2 rings (SSSR count). The Kier molecular flexibility index (Phi) is 15.7. The van der Waals surface area contributed by atoms with Crippen molar-refractivity contribution in [2.45, 2.75) is 142 Å². The van der Waals surface area contributed by atoms with E-state index >= 15 is 0 Å². The topological polar surface area (TPSA) is 85.3 Å². The van der Waals surface area contributed by atoms with Gasteiger partial charge in [0.25, 0.3) is 5.56 Å². The number of unbranched alkanes of at least 4 members (excludes halogenated alkanes) is 14. The number of rotatable bonds is 22. The van der Waals surface area contributed by atoms with Crippen LogP contribution in [0.1, 0.15) is 136 Å². The van der Waals surface area contributed by atoms with Gasteiger partial charge >= 0.3 is 5.69 Å². The molecule has 0 spiro atoms. The van der Waals surface area contributed by atoms with Gasteiger partial charge in [-0.05, 0) is 39.8 Å². The highest BCUT2D eigenvalue weighted by atomic mass is 16.3. The number of aryl methyl sites for hydroxylation is 2. The van der Waals surface area contributed by atoms with E-state index < -0.39 is 0 Å². The molecule has 0 aromatic carbocycles. The molecule has 0 fully saturated rings. The number of nitrogens with zero attached hydrogens (tertiary/aromatic N) is 5. The summed E-state index contributed by atoms with van der Waals surface area (Å²) in [4.78, 5) is 33.5. The van der Waals surface area contributed by atoms with Crippen molar-refractivity contribution in [3.8, 4) is 0 Å². The van der Waals surface area contributed by atoms with Gasteiger partial charge in [-0.3, -0.25) is 14.3 Å². The monoisotopic (exact) mass is 547 g/mol. The maximum atomic E-state index is 13.6. The van der Waals surface area contributed by atoms with Crippen LogP contribution in [-0.2, 0) is 14.1 Å². The van der Waals surface area contributed by atoms with Crippen LogP contribution in [0.5, 0.6) is 0 Å². The second-order valence-corrected chi connectivity index (χ2v) is 11.7. The van der Waals surface area contributed by atoms with Gasteiger partial charge in [-0.15, -0.1) is 0 Å². The van der Waals surface area contributed by atoms with Gasteiger partial charge in [0.1, 0.15) is 0 Å². The number of hydrogen-bond acceptors (Lipinski definition) is 5. The van der Waals surface area contributed by atoms with E-state index in [1.165, 1.54) is 66.9 Å². The van der Waals surface area contributed by atoms with Crippen LogP contribution in [0.25, 0.3) is 11.2 Å². The third-order valence-corrected chi connectivity index (χ3v) is 8.16. The molecule has 39 heavy (non-hydrogen) atoms. The van der Waals surface area contributed by atoms with Crippen LogP contribution in [0.2, 0.25) is 0 Å². The van der Waals surface area contributed by atoms with Crippen molar-refractivity contribution in [3.05, 3.63) is 27.2 Å². The van der Waals surface area contributed by atoms with Crippen molar-refractivity contribution >= 4 is 11.2 Å². The van der Waals surface area contributed by atoms with Crippen molar-refractivity contribution in [3.63, 3.8) is 0 Å². The maximum Gasteiger partial charge on any atom is 0.333 e. The number of aliphatic hydroxyl groups is 1. The van der Waals surface area contributed by atoms with Gasteiger partial charge in [0.15, 0.2) is 11.2 Å². The van der Waals surface area contributed by atoms with Gasteiger partial charge in [0.05, 0.1) is 18.6 Å². The zero-order valence-corrected chi connectivity index (χ0v) is 25.7. The van der Waals surface area contributed by atoms with Gasteiger partial charge < -0.3 is 9.67 Å². The van der Waals surface area contributed by atoms with E-state index in [-0.39, 0.29) is 23.5 Å². The quantitative estimate of drug-likeness (QED) is 0.175. The molecule has 224 valence electrons. The maximum absolute atomic E-state index is 13.6. The summed E-state index contributed by atoms with van der Waals surface area (Å²) in [7, 11) is 5.58. The van der Waals surface area contributed by atoms with Crippen LogP contribution in [0.3, 0.4) is 0 Å². The van der Waals surface area contributed by atoms with Crippen LogP contribution < -0.4 is 11.2 Å². The zero-order chi connectivity index (χ0) is 28.6. The zero-order valence-electron chi connectivity index (χ0n) is 25.7. The predicted octanol–water partition coefficient (Wildman–Crippen LogP) is 6.29. The van der Waals surface area contributed by atoms with E-state index in [0.29, 0.717) is 11.2 Å². The Bertz CT molecular complexity index is 1050. The van der Waals surface area contributed by atoms with E-state index in [2.05, 4.69) is 23.9 Å². The summed E-state index contributed by atoms with van der Waals surface area (Å²) < 4.78 is 4.71. The first-order chi connectivity index (χ1) is 18.8. The van der Waals surface area contributed by atoms with Gasteiger partial charge in [-0.25, -0.2) is 14.3 Å². The summed E-state index contributed by atoms with van der Waals surface area (Å²) in [5, 5.41) is 9.43. The number of aromatic nitrogens is 4. The second-order valence-electron chi connectivity index (χ2n) is 11.7. The fourth-order valence-corrected chi connectivity index (χ4v) is 5.64. The van der Waals surface area contributed by atoms with E-state index in [9.17, 15) is 14.7 Å². The SMILES string of the molecule is CCCCCCCCCCCCN(C)C(CCCCCCCCC(C)O)n1c(=O)c2c(ncn2C)n(C)c1=O. The predicted molar refractivity (Wildman–Crippen MR) is 162 cm³/mol. The highest BCUT2D eigenvalue weighted by Crippen LogP contribution is 2.20. The van der Waals surface area contributed by atoms with Crippen molar-refractivity contribution in [2.24, 2.45) is 14.1 Å². The standard InChI is InChI=1S/C31H57N5O3/c1-6-7-8-9-10-11-12-15-18-21-24-33(3)27(23-20-17-14-13-16-19-22-26(2)37)36-30(38)28-29(32-25-34(28)4)35(5)31(36)39/h25-27,37H,6-24H2,1-5H3. The third-order valence-electron chi connectivity index (χ3n) is 8.16. The van der Waals surface area contributed by atoms with Crippen molar-refractivity contribution in [2.75, 3.05) is 13.6 Å². The summed E-state index contributed by atoms with van der Waals surface area (Å²) in [5.41, 5.74) is 0.389. The van der Waals surface area contributed by atoms with Crippen LogP contribution in [0.15, 0.2) is 15.9 Å². The number of imidazole rings is 1. The van der Waals surface area contributed by atoms with Crippen LogP contribution in [0.4, 0.5) is 0 Å². The minimum atomic E-state index is -0.288. The van der Waals surface area contributed by atoms with Crippen LogP contribution in [0, 0.1) is 0 Å². The minimum Gasteiger partial charge on any atom is -0.393 e. The summed E-state index contributed by atoms with van der Waals surface area (Å²) >= 11 is 0. The molecule has 0 bridgehead atoms. The molecule has 2 aromatic heterocycles. The smallest absolute Gasteiger partial charge is 0.333 e. The van der Waals surface area contributed by atoms with E-state index in [1.54, 1.807) is 17.9 Å². The lowest BCUT2D eigenvalue weighted by Gasteiger charge is -2.29. The van der Waals surface area contributed by atoms with Gasteiger partial charge in [0.2, 0.25) is 0 Å². The van der Waals surface area contributed by atoms with Gasteiger partial charge in [-0.2, -0.15) is 0 Å². The molecule has 0 radical (unpaired) electrons. The normalized spacial score (nSPS) is 13.5. The van der Waals surface area contributed by atoms with Gasteiger partial charge in [-0.1, -0.05) is 103 Å². The highest BCUT2D eigenvalue weighted by molar-refractivity contribution is 5.69. The van der Waals surface area contributed by atoms with Gasteiger partial charge in [0, 0.05) is 14.1 Å². The van der Waals surface area contributed by atoms with Crippen LogP contribution >= 0.6 is 0 Å². The Labute approximate surface area is 236 Å². The molecule has 0 saturated carbocycles. The molecular weight excluding hydrogens is 490 g/mol. The fourth-order valence-electron chi connectivity index (χ4n) is 5.64. The Hall–Kier alpha value is -1.93. The average Bonchev–Trinajstić information content (AvgIpc) is 3.30. The summed E-state index contributed by atoms with van der Waals surface area (Å²) in [6, 6.07) is 0. The lowest BCUT2D eigenvalue weighted by molar-refractivity contribution is 0.148. The Morgan fingerprint density at radius 3 is 1.90 bits per heavy atom. The Morgan fingerprint density at radius 2 is 1.33 bits per heavy atom. The second kappa shape index (κ2) is 18.4. The molecule has 2 atom stereocenters.